The van der Waals surface area contributed by atoms with Crippen LogP contribution in [0.4, 0.5) is 0 Å². The van der Waals surface area contributed by atoms with Crippen LogP contribution >= 0.6 is 11.3 Å². The van der Waals surface area contributed by atoms with Crippen molar-refractivity contribution in [2.45, 2.75) is 26.7 Å². The molecule has 0 spiro atoms. The average Bonchev–Trinajstić information content (AvgIpc) is 2.85. The number of nitrogens with zero attached hydrogens (tertiary/aromatic N) is 1. The Morgan fingerprint density at radius 3 is 2.95 bits per heavy atom. The number of amides is 1. The summed E-state index contributed by atoms with van der Waals surface area (Å²) in [5, 5.41) is 6.05. The van der Waals surface area contributed by atoms with Gasteiger partial charge in [0.15, 0.2) is 0 Å². The molecular weight excluding hydrogens is 256 g/mol. The van der Waals surface area contributed by atoms with Crippen LogP contribution in [0.5, 0.6) is 0 Å². The molecule has 2 aromatic rings. The molecule has 4 heteroatoms. The van der Waals surface area contributed by atoms with E-state index in [0.717, 1.165) is 22.7 Å². The summed E-state index contributed by atoms with van der Waals surface area (Å²) in [6.07, 6.45) is 1.39. The number of carbonyl (C=O) groups is 1. The van der Waals surface area contributed by atoms with Gasteiger partial charge in [-0.25, -0.2) is 4.98 Å². The molecule has 0 saturated carbocycles. The van der Waals surface area contributed by atoms with Crippen molar-refractivity contribution in [3.05, 3.63) is 40.2 Å². The molecule has 0 saturated heterocycles. The van der Waals surface area contributed by atoms with Gasteiger partial charge in [0.05, 0.1) is 10.7 Å². The quantitative estimate of drug-likeness (QED) is 0.910. The standard InChI is InChI=1S/C15H18N2OS/c1-3-15(18)16-8-7-12-5-4-6-13(9-12)14-10-19-11(2)17-14/h4-6,9-10H,3,7-8H2,1-2H3,(H,16,18). The Bertz CT molecular complexity index is 563. The van der Waals surface area contributed by atoms with E-state index in [0.29, 0.717) is 13.0 Å². The van der Waals surface area contributed by atoms with Crippen LogP contribution < -0.4 is 5.32 Å². The zero-order chi connectivity index (χ0) is 13.7. The van der Waals surface area contributed by atoms with Crippen molar-refractivity contribution in [3.8, 4) is 11.3 Å². The highest BCUT2D eigenvalue weighted by molar-refractivity contribution is 7.09. The monoisotopic (exact) mass is 274 g/mol. The van der Waals surface area contributed by atoms with E-state index >= 15 is 0 Å². The van der Waals surface area contributed by atoms with Gasteiger partial charge in [0.2, 0.25) is 5.91 Å². The fraction of sp³-hybridized carbons (Fsp3) is 0.333. The molecule has 0 aliphatic heterocycles. The highest BCUT2D eigenvalue weighted by Gasteiger charge is 2.03. The van der Waals surface area contributed by atoms with E-state index in [2.05, 4.69) is 33.9 Å². The molecule has 1 N–H and O–H groups in total. The van der Waals surface area contributed by atoms with Gasteiger partial charge in [0.25, 0.3) is 0 Å². The maximum absolute atomic E-state index is 11.2. The second-order valence-corrected chi connectivity index (χ2v) is 5.47. The van der Waals surface area contributed by atoms with E-state index in [1.165, 1.54) is 5.56 Å². The van der Waals surface area contributed by atoms with Gasteiger partial charge >= 0.3 is 0 Å². The minimum atomic E-state index is 0.103. The lowest BCUT2D eigenvalue weighted by molar-refractivity contribution is -0.120. The molecule has 1 heterocycles. The van der Waals surface area contributed by atoms with Crippen LogP contribution in [0.3, 0.4) is 0 Å². The highest BCUT2D eigenvalue weighted by atomic mass is 32.1. The molecule has 100 valence electrons. The van der Waals surface area contributed by atoms with Crippen LogP contribution in [0, 0.1) is 6.92 Å². The van der Waals surface area contributed by atoms with Gasteiger partial charge in [-0.05, 0) is 25.0 Å². The third-order valence-electron chi connectivity index (χ3n) is 2.90. The number of nitrogens with one attached hydrogen (secondary N) is 1. The Morgan fingerprint density at radius 2 is 2.26 bits per heavy atom. The Balaban J connectivity index is 2.01. The largest absolute Gasteiger partial charge is 0.356 e. The SMILES string of the molecule is CCC(=O)NCCc1cccc(-c2csc(C)n2)c1. The second-order valence-electron chi connectivity index (χ2n) is 4.41. The summed E-state index contributed by atoms with van der Waals surface area (Å²) in [5.74, 6) is 0.103. The van der Waals surface area contributed by atoms with E-state index in [9.17, 15) is 4.79 Å². The molecule has 0 radical (unpaired) electrons. The molecule has 3 nitrogen and oxygen atoms in total. The number of rotatable bonds is 5. The Hall–Kier alpha value is -1.68. The Morgan fingerprint density at radius 1 is 1.42 bits per heavy atom. The van der Waals surface area contributed by atoms with Crippen LogP contribution in [0.2, 0.25) is 0 Å². The minimum absolute atomic E-state index is 0.103. The molecule has 0 aliphatic carbocycles. The zero-order valence-corrected chi connectivity index (χ0v) is 12.1. The molecule has 1 aromatic carbocycles. The van der Waals surface area contributed by atoms with Crippen LogP contribution in [0.1, 0.15) is 23.9 Å². The number of aromatic nitrogens is 1. The first-order chi connectivity index (χ1) is 9.19. The first-order valence-electron chi connectivity index (χ1n) is 6.47. The predicted molar refractivity (Wildman–Crippen MR) is 79.3 cm³/mol. The lowest BCUT2D eigenvalue weighted by Gasteiger charge is -2.05. The summed E-state index contributed by atoms with van der Waals surface area (Å²) < 4.78 is 0. The summed E-state index contributed by atoms with van der Waals surface area (Å²) in [4.78, 5) is 15.7. The fourth-order valence-corrected chi connectivity index (χ4v) is 2.48. The lowest BCUT2D eigenvalue weighted by Crippen LogP contribution is -2.24. The fourth-order valence-electron chi connectivity index (χ4n) is 1.85. The zero-order valence-electron chi connectivity index (χ0n) is 11.3. The molecule has 1 aromatic heterocycles. The topological polar surface area (TPSA) is 42.0 Å². The molecule has 2 rings (SSSR count). The summed E-state index contributed by atoms with van der Waals surface area (Å²) in [6.45, 7) is 4.56. The van der Waals surface area contributed by atoms with Crippen LogP contribution in [0.25, 0.3) is 11.3 Å². The van der Waals surface area contributed by atoms with Crippen molar-refractivity contribution >= 4 is 17.2 Å². The van der Waals surface area contributed by atoms with Crippen molar-refractivity contribution < 1.29 is 4.79 Å². The van der Waals surface area contributed by atoms with Gasteiger partial charge in [0, 0.05) is 23.9 Å². The molecule has 0 fully saturated rings. The molecule has 0 aliphatic rings. The third kappa shape index (κ3) is 3.89. The van der Waals surface area contributed by atoms with Gasteiger partial charge in [-0.3, -0.25) is 4.79 Å². The summed E-state index contributed by atoms with van der Waals surface area (Å²) in [5.41, 5.74) is 3.39. The third-order valence-corrected chi connectivity index (χ3v) is 3.67. The average molecular weight is 274 g/mol. The summed E-state index contributed by atoms with van der Waals surface area (Å²) in [6, 6.07) is 8.34. The van der Waals surface area contributed by atoms with Crippen molar-refractivity contribution in [3.63, 3.8) is 0 Å². The molecular formula is C15H18N2OS. The van der Waals surface area contributed by atoms with Crippen LogP contribution in [-0.4, -0.2) is 17.4 Å². The van der Waals surface area contributed by atoms with Gasteiger partial charge in [-0.1, -0.05) is 25.1 Å². The van der Waals surface area contributed by atoms with Crippen LogP contribution in [-0.2, 0) is 11.2 Å². The molecule has 0 bridgehead atoms. The number of thiazole rings is 1. The van der Waals surface area contributed by atoms with Crippen molar-refractivity contribution in [2.24, 2.45) is 0 Å². The number of hydrogen-bond donors (Lipinski definition) is 1. The van der Waals surface area contributed by atoms with Gasteiger partial charge < -0.3 is 5.32 Å². The first kappa shape index (κ1) is 13.7. The van der Waals surface area contributed by atoms with Gasteiger partial charge in [-0.15, -0.1) is 11.3 Å². The predicted octanol–water partition coefficient (Wildman–Crippen LogP) is 3.19. The number of aryl methyl sites for hydroxylation is 1. The Kier molecular flexibility index (Phi) is 4.68. The highest BCUT2D eigenvalue weighted by Crippen LogP contribution is 2.22. The molecule has 0 unspecified atom stereocenters. The maximum atomic E-state index is 11.2. The smallest absolute Gasteiger partial charge is 0.219 e. The van der Waals surface area contributed by atoms with Crippen molar-refractivity contribution in [1.29, 1.82) is 0 Å². The van der Waals surface area contributed by atoms with Crippen molar-refractivity contribution in [2.75, 3.05) is 6.54 Å². The molecule has 1 amide bonds. The lowest BCUT2D eigenvalue weighted by atomic mass is 10.1. The normalized spacial score (nSPS) is 10.4. The molecule has 19 heavy (non-hydrogen) atoms. The van der Waals surface area contributed by atoms with Gasteiger partial charge in [-0.2, -0.15) is 0 Å². The van der Waals surface area contributed by atoms with E-state index in [1.807, 2.05) is 19.9 Å². The van der Waals surface area contributed by atoms with E-state index in [4.69, 9.17) is 0 Å². The maximum Gasteiger partial charge on any atom is 0.219 e. The van der Waals surface area contributed by atoms with Crippen molar-refractivity contribution in [1.82, 2.24) is 10.3 Å². The van der Waals surface area contributed by atoms with E-state index < -0.39 is 0 Å². The minimum Gasteiger partial charge on any atom is -0.356 e. The van der Waals surface area contributed by atoms with Gasteiger partial charge in [0.1, 0.15) is 0 Å². The molecule has 0 atom stereocenters. The van der Waals surface area contributed by atoms with Crippen LogP contribution in [0.15, 0.2) is 29.6 Å². The number of carbonyl (C=O) groups excluding carboxylic acids is 1. The first-order valence-corrected chi connectivity index (χ1v) is 7.35. The summed E-state index contributed by atoms with van der Waals surface area (Å²) >= 11 is 1.66. The second kappa shape index (κ2) is 6.48. The van der Waals surface area contributed by atoms with E-state index in [1.54, 1.807) is 11.3 Å². The Labute approximate surface area is 117 Å². The number of benzene rings is 1. The van der Waals surface area contributed by atoms with E-state index in [-0.39, 0.29) is 5.91 Å². The number of hydrogen-bond acceptors (Lipinski definition) is 3. The summed E-state index contributed by atoms with van der Waals surface area (Å²) in [7, 11) is 0.